The molecule has 0 atom stereocenters. The highest BCUT2D eigenvalue weighted by molar-refractivity contribution is 9.10. The summed E-state index contributed by atoms with van der Waals surface area (Å²) in [6, 6.07) is 15.0. The van der Waals surface area contributed by atoms with Crippen molar-refractivity contribution in [2.75, 3.05) is 0 Å². The van der Waals surface area contributed by atoms with Crippen LogP contribution in [0, 0.1) is 0 Å². The molecule has 0 unspecified atom stereocenters. The first kappa shape index (κ1) is 14.2. The molecule has 104 valence electrons. The van der Waals surface area contributed by atoms with Crippen LogP contribution < -0.4 is 0 Å². The molecule has 1 heterocycles. The maximum Gasteiger partial charge on any atom is 0.362 e. The fourth-order valence-electron chi connectivity index (χ4n) is 1.85. The fourth-order valence-corrected chi connectivity index (χ4v) is 2.38. The van der Waals surface area contributed by atoms with Gasteiger partial charge in [0.05, 0.1) is 5.69 Å². The van der Waals surface area contributed by atoms with E-state index >= 15 is 0 Å². The average Bonchev–Trinajstić information content (AvgIpc) is 2.83. The minimum atomic E-state index is -0.434. The molecule has 0 amide bonds. The maximum absolute atomic E-state index is 11.9. The highest BCUT2D eigenvalue weighted by atomic mass is 79.9. The quantitative estimate of drug-likeness (QED) is 0.666. The molecule has 5 heteroatoms. The molecule has 3 rings (SSSR count). The summed E-state index contributed by atoms with van der Waals surface area (Å²) in [5, 5.41) is 0. The van der Waals surface area contributed by atoms with Crippen molar-refractivity contribution in [1.82, 2.24) is 0 Å². The third-order valence-electron chi connectivity index (χ3n) is 2.88. The average molecular weight is 407 g/mol. The zero-order valence-corrected chi connectivity index (χ0v) is 13.9. The molecule has 3 nitrogen and oxygen atoms in total. The lowest BCUT2D eigenvalue weighted by Gasteiger charge is -2.00. The van der Waals surface area contributed by atoms with E-state index in [9.17, 15) is 4.79 Å². The SMILES string of the molecule is O=C1OC(c2ccc(Br)cc2)=CC1=Nc1ccc(Br)cc1. The van der Waals surface area contributed by atoms with Gasteiger partial charge in [-0.05, 0) is 36.4 Å². The second-order valence-electron chi connectivity index (χ2n) is 4.38. The van der Waals surface area contributed by atoms with E-state index in [2.05, 4.69) is 36.9 Å². The van der Waals surface area contributed by atoms with Gasteiger partial charge in [0.1, 0.15) is 5.76 Å². The highest BCUT2D eigenvalue weighted by Gasteiger charge is 2.23. The molecule has 0 saturated heterocycles. The van der Waals surface area contributed by atoms with Crippen molar-refractivity contribution in [3.05, 3.63) is 69.1 Å². The van der Waals surface area contributed by atoms with Gasteiger partial charge >= 0.3 is 5.97 Å². The van der Waals surface area contributed by atoms with Gasteiger partial charge in [-0.2, -0.15) is 0 Å². The summed E-state index contributed by atoms with van der Waals surface area (Å²) in [4.78, 5) is 16.2. The lowest BCUT2D eigenvalue weighted by Crippen LogP contribution is -2.06. The largest absolute Gasteiger partial charge is 0.421 e. The Bertz CT molecular complexity index is 747. The van der Waals surface area contributed by atoms with Gasteiger partial charge in [0.2, 0.25) is 0 Å². The van der Waals surface area contributed by atoms with Crippen LogP contribution >= 0.6 is 31.9 Å². The highest BCUT2D eigenvalue weighted by Crippen LogP contribution is 2.25. The van der Waals surface area contributed by atoms with Crippen molar-refractivity contribution in [3.63, 3.8) is 0 Å². The number of carbonyl (C=O) groups is 1. The van der Waals surface area contributed by atoms with Crippen LogP contribution in [0.1, 0.15) is 5.56 Å². The van der Waals surface area contributed by atoms with Gasteiger partial charge < -0.3 is 4.74 Å². The van der Waals surface area contributed by atoms with Gasteiger partial charge in [-0.3, -0.25) is 0 Å². The third kappa shape index (κ3) is 3.31. The zero-order valence-electron chi connectivity index (χ0n) is 10.7. The monoisotopic (exact) mass is 405 g/mol. The van der Waals surface area contributed by atoms with Gasteiger partial charge in [-0.1, -0.05) is 44.0 Å². The second kappa shape index (κ2) is 5.95. The maximum atomic E-state index is 11.9. The Morgan fingerprint density at radius 3 is 2.05 bits per heavy atom. The second-order valence-corrected chi connectivity index (χ2v) is 6.21. The summed E-state index contributed by atoms with van der Waals surface area (Å²) in [6.07, 6.45) is 1.66. The Hall–Kier alpha value is -1.72. The lowest BCUT2D eigenvalue weighted by molar-refractivity contribution is -0.128. The van der Waals surface area contributed by atoms with Crippen LogP contribution in [0.15, 0.2) is 68.5 Å². The summed E-state index contributed by atoms with van der Waals surface area (Å²) < 4.78 is 7.20. The summed E-state index contributed by atoms with van der Waals surface area (Å²) in [5.74, 6) is 0.0826. The topological polar surface area (TPSA) is 38.7 Å². The number of nitrogens with zero attached hydrogens (tertiary/aromatic N) is 1. The standard InChI is InChI=1S/C16H9Br2NO2/c17-11-3-1-10(2-4-11)15-9-14(16(20)21-15)19-13-7-5-12(18)6-8-13/h1-9H. The van der Waals surface area contributed by atoms with Gasteiger partial charge in [0.25, 0.3) is 0 Å². The van der Waals surface area contributed by atoms with E-state index in [1.807, 2.05) is 48.5 Å². The Kier molecular flexibility index (Phi) is 4.03. The first-order valence-corrected chi connectivity index (χ1v) is 7.74. The molecule has 21 heavy (non-hydrogen) atoms. The number of aliphatic imine (C=N–C) groups is 1. The van der Waals surface area contributed by atoms with E-state index in [0.29, 0.717) is 17.2 Å². The fraction of sp³-hybridized carbons (Fsp3) is 0. The number of benzene rings is 2. The molecule has 0 bridgehead atoms. The van der Waals surface area contributed by atoms with Crippen LogP contribution in [0.4, 0.5) is 5.69 Å². The van der Waals surface area contributed by atoms with Crippen molar-refractivity contribution in [2.24, 2.45) is 4.99 Å². The van der Waals surface area contributed by atoms with Crippen LogP contribution in [0.5, 0.6) is 0 Å². The zero-order chi connectivity index (χ0) is 14.8. The molecular formula is C16H9Br2NO2. The summed E-state index contributed by atoms with van der Waals surface area (Å²) in [5.41, 5.74) is 1.85. The predicted molar refractivity (Wildman–Crippen MR) is 89.4 cm³/mol. The van der Waals surface area contributed by atoms with Gasteiger partial charge in [-0.25, -0.2) is 9.79 Å². The third-order valence-corrected chi connectivity index (χ3v) is 3.94. The van der Waals surface area contributed by atoms with Crippen LogP contribution in [0.3, 0.4) is 0 Å². The molecule has 0 aromatic heterocycles. The van der Waals surface area contributed by atoms with Crippen molar-refractivity contribution >= 4 is 55.0 Å². The molecule has 1 aliphatic rings. The lowest BCUT2D eigenvalue weighted by atomic mass is 10.2. The number of rotatable bonds is 2. The minimum Gasteiger partial charge on any atom is -0.421 e. The van der Waals surface area contributed by atoms with E-state index in [1.165, 1.54) is 0 Å². The number of cyclic esters (lactones) is 1. The number of carbonyl (C=O) groups excluding carboxylic acids is 1. The molecule has 0 spiro atoms. The molecule has 2 aromatic carbocycles. The van der Waals surface area contributed by atoms with E-state index in [-0.39, 0.29) is 0 Å². The molecule has 0 aliphatic carbocycles. The van der Waals surface area contributed by atoms with Gasteiger partial charge in [0, 0.05) is 20.6 Å². The Morgan fingerprint density at radius 2 is 1.43 bits per heavy atom. The number of ether oxygens (including phenoxy) is 1. The van der Waals surface area contributed by atoms with Crippen molar-refractivity contribution in [3.8, 4) is 0 Å². The summed E-state index contributed by atoms with van der Waals surface area (Å²) in [6.45, 7) is 0. The van der Waals surface area contributed by atoms with E-state index in [1.54, 1.807) is 6.08 Å². The predicted octanol–water partition coefficient (Wildman–Crippen LogP) is 4.88. The van der Waals surface area contributed by atoms with Crippen LogP contribution in [-0.2, 0) is 9.53 Å². The Morgan fingerprint density at radius 1 is 0.857 bits per heavy atom. The normalized spacial score (nSPS) is 16.0. The van der Waals surface area contributed by atoms with E-state index in [0.717, 1.165) is 14.5 Å². The summed E-state index contributed by atoms with van der Waals surface area (Å²) in [7, 11) is 0. The number of hydrogen-bond acceptors (Lipinski definition) is 3. The Labute approximate surface area is 138 Å². The molecular weight excluding hydrogens is 398 g/mol. The molecule has 1 aliphatic heterocycles. The van der Waals surface area contributed by atoms with Crippen molar-refractivity contribution in [2.45, 2.75) is 0 Å². The first-order chi connectivity index (χ1) is 10.1. The van der Waals surface area contributed by atoms with Crippen molar-refractivity contribution in [1.29, 1.82) is 0 Å². The van der Waals surface area contributed by atoms with Crippen LogP contribution in [0.2, 0.25) is 0 Å². The van der Waals surface area contributed by atoms with Crippen molar-refractivity contribution < 1.29 is 9.53 Å². The number of esters is 1. The van der Waals surface area contributed by atoms with E-state index < -0.39 is 5.97 Å². The van der Waals surface area contributed by atoms with E-state index in [4.69, 9.17) is 4.74 Å². The molecule has 0 fully saturated rings. The number of hydrogen-bond donors (Lipinski definition) is 0. The molecule has 2 aromatic rings. The van der Waals surface area contributed by atoms with Gasteiger partial charge in [-0.15, -0.1) is 0 Å². The minimum absolute atomic E-state index is 0.301. The smallest absolute Gasteiger partial charge is 0.362 e. The van der Waals surface area contributed by atoms with Gasteiger partial charge in [0.15, 0.2) is 5.71 Å². The van der Waals surface area contributed by atoms with Crippen LogP contribution in [0.25, 0.3) is 5.76 Å². The molecule has 0 saturated carbocycles. The Balaban J connectivity index is 1.91. The molecule has 0 radical (unpaired) electrons. The first-order valence-electron chi connectivity index (χ1n) is 6.16. The number of halogens is 2. The van der Waals surface area contributed by atoms with Crippen LogP contribution in [-0.4, -0.2) is 11.7 Å². The molecule has 0 N–H and O–H groups in total. The summed E-state index contributed by atoms with van der Waals surface area (Å²) >= 11 is 6.73.